The molecule has 5 nitrogen and oxygen atoms in total. The van der Waals surface area contributed by atoms with Crippen molar-refractivity contribution in [2.75, 3.05) is 6.67 Å². The zero-order valence-corrected chi connectivity index (χ0v) is 15.1. The van der Waals surface area contributed by atoms with Gasteiger partial charge in [-0.15, -0.1) is 0 Å². The maximum atomic E-state index is 13.2. The minimum absolute atomic E-state index is 0.243. The zero-order valence-electron chi connectivity index (χ0n) is 13.6. The van der Waals surface area contributed by atoms with E-state index in [1.165, 1.54) is 0 Å². The number of aliphatic hydroxyl groups is 1. The van der Waals surface area contributed by atoms with E-state index in [9.17, 15) is 14.3 Å². The van der Waals surface area contributed by atoms with Gasteiger partial charge in [0.25, 0.3) is 5.91 Å². The van der Waals surface area contributed by atoms with Crippen molar-refractivity contribution < 1.29 is 14.3 Å². The minimum atomic E-state index is -1.34. The van der Waals surface area contributed by atoms with Gasteiger partial charge in [-0.05, 0) is 17.2 Å². The Morgan fingerprint density at radius 1 is 1.23 bits per heavy atom. The fraction of sp³-hybridized carbons (Fsp3) is 0.278. The van der Waals surface area contributed by atoms with Crippen LogP contribution in [0.1, 0.15) is 17.4 Å². The maximum absolute atomic E-state index is 13.2. The first-order valence-corrected chi connectivity index (χ1v) is 8.58. The summed E-state index contributed by atoms with van der Waals surface area (Å²) in [5.74, 6) is -0.768. The lowest BCUT2D eigenvalue weighted by Gasteiger charge is -2.22. The third kappa shape index (κ3) is 5.15. The summed E-state index contributed by atoms with van der Waals surface area (Å²) in [4.78, 5) is 14.3. The van der Waals surface area contributed by atoms with Crippen LogP contribution in [0.15, 0.2) is 42.6 Å². The van der Waals surface area contributed by atoms with E-state index < -0.39 is 29.6 Å². The third-order valence-electron chi connectivity index (χ3n) is 3.74. The highest BCUT2D eigenvalue weighted by Crippen LogP contribution is 2.24. The molecule has 1 aromatic carbocycles. The highest BCUT2D eigenvalue weighted by atomic mass is 35.5. The molecule has 2 N–H and O–H groups in total. The Balaban J connectivity index is 2.12. The van der Waals surface area contributed by atoms with Gasteiger partial charge in [0.15, 0.2) is 4.84 Å². The fourth-order valence-electron chi connectivity index (χ4n) is 2.33. The molecule has 0 aliphatic rings. The highest BCUT2D eigenvalue weighted by molar-refractivity contribution is 6.53. The van der Waals surface area contributed by atoms with Crippen molar-refractivity contribution in [2.45, 2.75) is 23.4 Å². The van der Waals surface area contributed by atoms with Crippen LogP contribution in [-0.2, 0) is 11.2 Å². The van der Waals surface area contributed by atoms with Gasteiger partial charge < -0.3 is 10.4 Å². The SMILES string of the molecule is N#CCc1ccc(-c2ccc(C(O)C(CF)NC(=O)C(Cl)Cl)cc2)cn1. The van der Waals surface area contributed by atoms with Gasteiger partial charge in [0.2, 0.25) is 0 Å². The lowest BCUT2D eigenvalue weighted by atomic mass is 9.99. The van der Waals surface area contributed by atoms with Gasteiger partial charge in [0, 0.05) is 11.8 Å². The van der Waals surface area contributed by atoms with Crippen LogP contribution in [0.2, 0.25) is 0 Å². The van der Waals surface area contributed by atoms with Crippen LogP contribution >= 0.6 is 23.2 Å². The zero-order chi connectivity index (χ0) is 19.1. The molecule has 136 valence electrons. The Labute approximate surface area is 160 Å². The topological polar surface area (TPSA) is 86.0 Å². The average molecular weight is 396 g/mol. The van der Waals surface area contributed by atoms with Gasteiger partial charge in [-0.2, -0.15) is 5.26 Å². The number of alkyl halides is 3. The standard InChI is InChI=1S/C18H16Cl2FN3O2/c19-17(20)18(26)24-15(9-21)16(25)12-3-1-11(2-4-12)13-5-6-14(7-8-22)23-10-13/h1-6,10,15-17,25H,7,9H2,(H,24,26). The molecule has 0 fully saturated rings. The summed E-state index contributed by atoms with van der Waals surface area (Å²) in [7, 11) is 0. The Bertz CT molecular complexity index is 777. The van der Waals surface area contributed by atoms with E-state index in [1.54, 1.807) is 36.5 Å². The predicted molar refractivity (Wildman–Crippen MR) is 97.3 cm³/mol. The van der Waals surface area contributed by atoms with Crippen LogP contribution in [-0.4, -0.2) is 33.6 Å². The van der Waals surface area contributed by atoms with E-state index in [0.717, 1.165) is 11.1 Å². The van der Waals surface area contributed by atoms with Crippen LogP contribution in [0, 0.1) is 11.3 Å². The van der Waals surface area contributed by atoms with Crippen LogP contribution < -0.4 is 5.32 Å². The maximum Gasteiger partial charge on any atom is 0.253 e. The van der Waals surface area contributed by atoms with E-state index in [-0.39, 0.29) is 6.42 Å². The molecule has 0 saturated heterocycles. The average Bonchev–Trinajstić information content (AvgIpc) is 2.66. The molecule has 26 heavy (non-hydrogen) atoms. The number of amides is 1. The summed E-state index contributed by atoms with van der Waals surface area (Å²) in [6.45, 7) is -0.973. The van der Waals surface area contributed by atoms with Crippen molar-refractivity contribution in [3.8, 4) is 17.2 Å². The Kier molecular flexibility index (Phi) is 7.34. The molecule has 1 aromatic heterocycles. The number of nitriles is 1. The summed E-state index contributed by atoms with van der Waals surface area (Å²) >= 11 is 10.9. The van der Waals surface area contributed by atoms with E-state index in [2.05, 4.69) is 10.3 Å². The van der Waals surface area contributed by atoms with Gasteiger partial charge in [-0.25, -0.2) is 4.39 Å². The minimum Gasteiger partial charge on any atom is -0.386 e. The van der Waals surface area contributed by atoms with Crippen LogP contribution in [0.4, 0.5) is 4.39 Å². The van der Waals surface area contributed by atoms with Crippen molar-refractivity contribution in [2.24, 2.45) is 0 Å². The monoisotopic (exact) mass is 395 g/mol. The number of carbonyl (C=O) groups excluding carboxylic acids is 1. The first kappa shape index (κ1) is 20.1. The van der Waals surface area contributed by atoms with Gasteiger partial charge >= 0.3 is 0 Å². The number of hydrogen-bond acceptors (Lipinski definition) is 4. The molecule has 1 amide bonds. The van der Waals surface area contributed by atoms with Gasteiger partial charge in [-0.1, -0.05) is 53.5 Å². The molecule has 2 atom stereocenters. The molecule has 0 saturated carbocycles. The lowest BCUT2D eigenvalue weighted by Crippen LogP contribution is -2.43. The van der Waals surface area contributed by atoms with Gasteiger partial charge in [0.1, 0.15) is 12.8 Å². The molecule has 0 aliphatic heterocycles. The Hall–Kier alpha value is -2.20. The van der Waals surface area contributed by atoms with E-state index in [1.807, 2.05) is 12.1 Å². The summed E-state index contributed by atoms with van der Waals surface area (Å²) in [5.41, 5.74) is 2.81. The van der Waals surface area contributed by atoms with Crippen LogP contribution in [0.25, 0.3) is 11.1 Å². The molecule has 0 spiro atoms. The second-order valence-electron chi connectivity index (χ2n) is 5.51. The molecule has 0 bridgehead atoms. The van der Waals surface area contributed by atoms with E-state index in [4.69, 9.17) is 28.5 Å². The number of rotatable bonds is 7. The molecule has 8 heteroatoms. The second kappa shape index (κ2) is 9.48. The molecule has 0 aliphatic carbocycles. The Morgan fingerprint density at radius 2 is 1.88 bits per heavy atom. The fourth-order valence-corrected chi connectivity index (χ4v) is 2.46. The molecule has 0 radical (unpaired) electrons. The number of carbonyl (C=O) groups is 1. The molecular formula is C18H16Cl2FN3O2. The van der Waals surface area contributed by atoms with Crippen LogP contribution in [0.3, 0.4) is 0 Å². The second-order valence-corrected chi connectivity index (χ2v) is 6.61. The first-order chi connectivity index (χ1) is 12.5. The van der Waals surface area contributed by atoms with Crippen molar-refractivity contribution >= 4 is 29.1 Å². The summed E-state index contributed by atoms with van der Waals surface area (Å²) in [5, 5.41) is 21.2. The van der Waals surface area contributed by atoms with E-state index >= 15 is 0 Å². The molecule has 1 heterocycles. The van der Waals surface area contributed by atoms with Gasteiger partial charge in [0.05, 0.1) is 24.2 Å². The van der Waals surface area contributed by atoms with Crippen molar-refractivity contribution in [1.29, 1.82) is 5.26 Å². The molecule has 2 aromatic rings. The van der Waals surface area contributed by atoms with Crippen molar-refractivity contribution in [1.82, 2.24) is 10.3 Å². The third-order valence-corrected chi connectivity index (χ3v) is 4.14. The molecule has 2 unspecified atom stereocenters. The highest BCUT2D eigenvalue weighted by Gasteiger charge is 2.25. The van der Waals surface area contributed by atoms with Crippen molar-refractivity contribution in [3.63, 3.8) is 0 Å². The number of nitrogens with zero attached hydrogens (tertiary/aromatic N) is 2. The molecular weight excluding hydrogens is 380 g/mol. The van der Waals surface area contributed by atoms with E-state index in [0.29, 0.717) is 11.3 Å². The largest absolute Gasteiger partial charge is 0.386 e. The summed E-state index contributed by atoms with van der Waals surface area (Å²) in [6, 6.07) is 11.3. The summed E-state index contributed by atoms with van der Waals surface area (Å²) < 4.78 is 13.2. The smallest absolute Gasteiger partial charge is 0.253 e. The number of aromatic nitrogens is 1. The number of aliphatic hydroxyl groups excluding tert-OH is 1. The lowest BCUT2D eigenvalue weighted by molar-refractivity contribution is -0.121. The van der Waals surface area contributed by atoms with Crippen molar-refractivity contribution in [3.05, 3.63) is 53.9 Å². The number of halogens is 3. The quantitative estimate of drug-likeness (QED) is 0.705. The summed E-state index contributed by atoms with van der Waals surface area (Å²) in [6.07, 6.45) is 0.651. The predicted octanol–water partition coefficient (Wildman–Crippen LogP) is 3.11. The number of pyridine rings is 1. The number of nitrogens with one attached hydrogen (secondary N) is 1. The Morgan fingerprint density at radius 3 is 2.38 bits per heavy atom. The number of benzene rings is 1. The normalized spacial score (nSPS) is 13.1. The van der Waals surface area contributed by atoms with Gasteiger partial charge in [-0.3, -0.25) is 9.78 Å². The first-order valence-electron chi connectivity index (χ1n) is 7.71. The molecule has 2 rings (SSSR count). The van der Waals surface area contributed by atoms with Crippen LogP contribution in [0.5, 0.6) is 0 Å². The number of hydrogen-bond donors (Lipinski definition) is 2.